The minimum absolute atomic E-state index is 0.252. The van der Waals surface area contributed by atoms with E-state index in [0.717, 1.165) is 36.0 Å². The van der Waals surface area contributed by atoms with Crippen molar-refractivity contribution in [2.75, 3.05) is 17.6 Å². The fourth-order valence-electron chi connectivity index (χ4n) is 1.96. The molecule has 1 aromatic carbocycles. The Morgan fingerprint density at radius 1 is 1.39 bits per heavy atom. The molecule has 0 aliphatic heterocycles. The van der Waals surface area contributed by atoms with Gasteiger partial charge in [-0.25, -0.2) is 0 Å². The molecule has 0 saturated heterocycles. The van der Waals surface area contributed by atoms with Crippen LogP contribution in [0.5, 0.6) is 0 Å². The molecule has 1 unspecified atom stereocenters. The van der Waals surface area contributed by atoms with Crippen LogP contribution in [-0.2, 0) is 0 Å². The van der Waals surface area contributed by atoms with Crippen molar-refractivity contribution in [2.24, 2.45) is 0 Å². The molecule has 0 amide bonds. The van der Waals surface area contributed by atoms with Crippen LogP contribution in [0.1, 0.15) is 19.8 Å². The summed E-state index contributed by atoms with van der Waals surface area (Å²) in [5.74, 6) is 0. The highest BCUT2D eigenvalue weighted by atomic mass is 16.3. The second kappa shape index (κ2) is 5.69. The number of anilines is 2. The van der Waals surface area contributed by atoms with Gasteiger partial charge in [0.05, 0.1) is 29.2 Å². The predicted octanol–water partition coefficient (Wildman–Crippen LogP) is 2.39. The molecule has 0 radical (unpaired) electrons. The average molecular weight is 245 g/mol. The molecule has 0 aliphatic carbocycles. The molecule has 0 aliphatic rings. The van der Waals surface area contributed by atoms with Gasteiger partial charge in [-0.2, -0.15) is 0 Å². The first kappa shape index (κ1) is 12.6. The van der Waals surface area contributed by atoms with Crippen molar-refractivity contribution in [3.63, 3.8) is 0 Å². The summed E-state index contributed by atoms with van der Waals surface area (Å²) in [6, 6.07) is 7.92. The fourth-order valence-corrected chi connectivity index (χ4v) is 1.96. The lowest BCUT2D eigenvalue weighted by Crippen LogP contribution is -2.08. The first-order chi connectivity index (χ1) is 8.68. The highest BCUT2D eigenvalue weighted by molar-refractivity contribution is 5.96. The Labute approximate surface area is 107 Å². The molecule has 2 aromatic rings. The molecule has 2 rings (SSSR count). The first-order valence-electron chi connectivity index (χ1n) is 6.23. The standard InChI is InChI=1S/C14H19N3O/c1-10(18)5-4-8-16-14-11-6-2-3-7-13(11)17-9-12(14)15/h2-3,6-7,9-10,18H,4-5,8,15H2,1H3,(H,16,17). The normalized spacial score (nSPS) is 12.6. The van der Waals surface area contributed by atoms with Gasteiger partial charge < -0.3 is 16.2 Å². The number of nitrogens with two attached hydrogens (primary N) is 1. The summed E-state index contributed by atoms with van der Waals surface area (Å²) in [6.45, 7) is 2.60. The van der Waals surface area contributed by atoms with Crippen LogP contribution in [0, 0.1) is 0 Å². The molecular weight excluding hydrogens is 226 g/mol. The van der Waals surface area contributed by atoms with Crippen LogP contribution >= 0.6 is 0 Å². The molecule has 0 bridgehead atoms. The quantitative estimate of drug-likeness (QED) is 0.707. The Morgan fingerprint density at radius 3 is 2.94 bits per heavy atom. The SMILES string of the molecule is CC(O)CCCNc1c(N)cnc2ccccc12. The Morgan fingerprint density at radius 2 is 2.17 bits per heavy atom. The molecule has 4 heteroatoms. The van der Waals surface area contributed by atoms with Crippen molar-refractivity contribution in [1.82, 2.24) is 4.98 Å². The van der Waals surface area contributed by atoms with Crippen molar-refractivity contribution >= 4 is 22.3 Å². The summed E-state index contributed by atoms with van der Waals surface area (Å²) in [7, 11) is 0. The van der Waals surface area contributed by atoms with E-state index in [1.165, 1.54) is 0 Å². The number of fused-ring (bicyclic) bond motifs is 1. The number of nitrogen functional groups attached to an aromatic ring is 1. The van der Waals surface area contributed by atoms with Gasteiger partial charge in [0.25, 0.3) is 0 Å². The topological polar surface area (TPSA) is 71.2 Å². The van der Waals surface area contributed by atoms with Crippen molar-refractivity contribution in [2.45, 2.75) is 25.9 Å². The van der Waals surface area contributed by atoms with E-state index in [2.05, 4.69) is 10.3 Å². The first-order valence-corrected chi connectivity index (χ1v) is 6.23. The molecule has 4 N–H and O–H groups in total. The molecule has 0 spiro atoms. The molecule has 1 aromatic heterocycles. The number of hydrogen-bond donors (Lipinski definition) is 3. The molecule has 1 atom stereocenters. The summed E-state index contributed by atoms with van der Waals surface area (Å²) in [4.78, 5) is 4.29. The fraction of sp³-hybridized carbons (Fsp3) is 0.357. The average Bonchev–Trinajstić information content (AvgIpc) is 2.36. The number of nitrogens with zero attached hydrogens (tertiary/aromatic N) is 1. The minimum Gasteiger partial charge on any atom is -0.396 e. The third-order valence-corrected chi connectivity index (χ3v) is 2.91. The van der Waals surface area contributed by atoms with Gasteiger partial charge in [-0.15, -0.1) is 0 Å². The number of para-hydroxylation sites is 1. The van der Waals surface area contributed by atoms with E-state index in [1.807, 2.05) is 24.3 Å². The largest absolute Gasteiger partial charge is 0.396 e. The summed E-state index contributed by atoms with van der Waals surface area (Å²) in [5, 5.41) is 13.6. The van der Waals surface area contributed by atoms with Crippen LogP contribution in [-0.4, -0.2) is 22.7 Å². The number of hydrogen-bond acceptors (Lipinski definition) is 4. The van der Waals surface area contributed by atoms with E-state index in [4.69, 9.17) is 5.73 Å². The summed E-state index contributed by atoms with van der Waals surface area (Å²) >= 11 is 0. The molecule has 0 fully saturated rings. The summed E-state index contributed by atoms with van der Waals surface area (Å²) in [6.07, 6.45) is 3.13. The predicted molar refractivity (Wildman–Crippen MR) is 75.6 cm³/mol. The summed E-state index contributed by atoms with van der Waals surface area (Å²) < 4.78 is 0. The molecule has 1 heterocycles. The maximum absolute atomic E-state index is 9.21. The molecule has 96 valence electrons. The highest BCUT2D eigenvalue weighted by Crippen LogP contribution is 2.27. The highest BCUT2D eigenvalue weighted by Gasteiger charge is 2.05. The van der Waals surface area contributed by atoms with Gasteiger partial charge in [-0.1, -0.05) is 18.2 Å². The maximum atomic E-state index is 9.21. The van der Waals surface area contributed by atoms with Gasteiger partial charge in [0.15, 0.2) is 0 Å². The number of benzene rings is 1. The van der Waals surface area contributed by atoms with E-state index in [-0.39, 0.29) is 6.10 Å². The maximum Gasteiger partial charge on any atom is 0.0743 e. The van der Waals surface area contributed by atoms with Crippen LogP contribution in [0.25, 0.3) is 10.9 Å². The van der Waals surface area contributed by atoms with E-state index < -0.39 is 0 Å². The zero-order valence-corrected chi connectivity index (χ0v) is 10.6. The zero-order valence-electron chi connectivity index (χ0n) is 10.6. The number of pyridine rings is 1. The molecule has 0 saturated carbocycles. The minimum atomic E-state index is -0.252. The number of aromatic nitrogens is 1. The van der Waals surface area contributed by atoms with Crippen molar-refractivity contribution in [1.29, 1.82) is 0 Å². The third kappa shape index (κ3) is 2.90. The second-order valence-corrected chi connectivity index (χ2v) is 4.52. The van der Waals surface area contributed by atoms with Gasteiger partial charge in [0, 0.05) is 11.9 Å². The molecule has 18 heavy (non-hydrogen) atoms. The van der Waals surface area contributed by atoms with Gasteiger partial charge >= 0.3 is 0 Å². The third-order valence-electron chi connectivity index (χ3n) is 2.91. The van der Waals surface area contributed by atoms with Crippen molar-refractivity contribution in [3.05, 3.63) is 30.5 Å². The van der Waals surface area contributed by atoms with E-state index in [1.54, 1.807) is 13.1 Å². The number of aliphatic hydroxyl groups is 1. The van der Waals surface area contributed by atoms with Crippen molar-refractivity contribution in [3.8, 4) is 0 Å². The Bertz CT molecular complexity index is 525. The number of nitrogens with one attached hydrogen (secondary N) is 1. The van der Waals surface area contributed by atoms with Gasteiger partial charge in [-0.05, 0) is 25.8 Å². The van der Waals surface area contributed by atoms with Crippen LogP contribution in [0.15, 0.2) is 30.5 Å². The van der Waals surface area contributed by atoms with E-state index in [9.17, 15) is 5.11 Å². The lowest BCUT2D eigenvalue weighted by molar-refractivity contribution is 0.183. The van der Waals surface area contributed by atoms with Crippen LogP contribution < -0.4 is 11.1 Å². The van der Waals surface area contributed by atoms with Gasteiger partial charge in [0.2, 0.25) is 0 Å². The van der Waals surface area contributed by atoms with Gasteiger partial charge in [0.1, 0.15) is 0 Å². The van der Waals surface area contributed by atoms with Crippen LogP contribution in [0.2, 0.25) is 0 Å². The van der Waals surface area contributed by atoms with Crippen LogP contribution in [0.3, 0.4) is 0 Å². The lowest BCUT2D eigenvalue weighted by Gasteiger charge is -2.12. The monoisotopic (exact) mass is 245 g/mol. The Kier molecular flexibility index (Phi) is 3.99. The number of rotatable bonds is 5. The lowest BCUT2D eigenvalue weighted by atomic mass is 10.1. The van der Waals surface area contributed by atoms with Crippen LogP contribution in [0.4, 0.5) is 11.4 Å². The van der Waals surface area contributed by atoms with E-state index >= 15 is 0 Å². The second-order valence-electron chi connectivity index (χ2n) is 4.52. The van der Waals surface area contributed by atoms with E-state index in [0.29, 0.717) is 5.69 Å². The summed E-state index contributed by atoms with van der Waals surface area (Å²) in [5.41, 5.74) is 8.48. The van der Waals surface area contributed by atoms with Crippen molar-refractivity contribution < 1.29 is 5.11 Å². The zero-order chi connectivity index (χ0) is 13.0. The van der Waals surface area contributed by atoms with Gasteiger partial charge in [-0.3, -0.25) is 4.98 Å². The molecule has 4 nitrogen and oxygen atoms in total. The number of aliphatic hydroxyl groups excluding tert-OH is 1. The Balaban J connectivity index is 2.14. The molecular formula is C14H19N3O. The smallest absolute Gasteiger partial charge is 0.0743 e. The Hall–Kier alpha value is -1.81.